The molecule has 0 radical (unpaired) electrons. The highest BCUT2D eigenvalue weighted by Gasteiger charge is 2.34. The molecule has 0 aliphatic rings. The van der Waals surface area contributed by atoms with Crippen LogP contribution in [0.25, 0.3) is 11.4 Å². The summed E-state index contributed by atoms with van der Waals surface area (Å²) in [7, 11) is 0. The predicted molar refractivity (Wildman–Crippen MR) is 60.5 cm³/mol. The summed E-state index contributed by atoms with van der Waals surface area (Å²) in [5, 5.41) is 14.7. The molecule has 1 aromatic carbocycles. The van der Waals surface area contributed by atoms with E-state index in [4.69, 9.17) is 0 Å². The number of halogens is 4. The van der Waals surface area contributed by atoms with Gasteiger partial charge >= 0.3 is 6.18 Å². The lowest BCUT2D eigenvalue weighted by molar-refractivity contribution is -0.138. The van der Waals surface area contributed by atoms with Gasteiger partial charge < -0.3 is 0 Å². The molecule has 4 nitrogen and oxygen atoms in total. The molecule has 0 spiro atoms. The summed E-state index contributed by atoms with van der Waals surface area (Å²) in [6.07, 6.45) is -4.44. The Balaban J connectivity index is 2.56. The van der Waals surface area contributed by atoms with Crippen LogP contribution in [0.5, 0.6) is 0 Å². The maximum Gasteiger partial charge on any atom is 0.417 e. The topological polar surface area (TPSA) is 51.6 Å². The zero-order valence-electron chi connectivity index (χ0n) is 9.03. The van der Waals surface area contributed by atoms with E-state index in [1.807, 2.05) is 0 Å². The molecule has 0 saturated carbocycles. The van der Waals surface area contributed by atoms with Gasteiger partial charge in [-0.15, -0.1) is 20.4 Å². The van der Waals surface area contributed by atoms with Gasteiger partial charge in [0.1, 0.15) is 0 Å². The molecular weight excluding hydrogens is 313 g/mol. The van der Waals surface area contributed by atoms with Crippen LogP contribution < -0.4 is 0 Å². The molecule has 0 saturated heterocycles. The first kappa shape index (κ1) is 12.9. The molecule has 2 aromatic rings. The van der Waals surface area contributed by atoms with Crippen molar-refractivity contribution < 1.29 is 13.2 Å². The smallest absolute Gasteiger partial charge is 0.166 e. The third-order valence-electron chi connectivity index (χ3n) is 2.12. The van der Waals surface area contributed by atoms with Crippen LogP contribution >= 0.6 is 15.9 Å². The van der Waals surface area contributed by atoms with Crippen molar-refractivity contribution in [3.05, 3.63) is 34.1 Å². The molecule has 0 bridgehead atoms. The number of alkyl halides is 3. The van der Waals surface area contributed by atoms with Crippen molar-refractivity contribution in [3.63, 3.8) is 0 Å². The van der Waals surface area contributed by atoms with E-state index in [1.54, 1.807) is 6.92 Å². The largest absolute Gasteiger partial charge is 0.417 e. The van der Waals surface area contributed by atoms with Gasteiger partial charge in [0.25, 0.3) is 0 Å². The molecule has 2 rings (SSSR count). The van der Waals surface area contributed by atoms with Crippen molar-refractivity contribution in [1.82, 2.24) is 20.4 Å². The highest BCUT2D eigenvalue weighted by molar-refractivity contribution is 9.10. The zero-order chi connectivity index (χ0) is 13.3. The molecule has 18 heavy (non-hydrogen) atoms. The zero-order valence-corrected chi connectivity index (χ0v) is 10.6. The van der Waals surface area contributed by atoms with Crippen LogP contribution in [0.1, 0.15) is 11.4 Å². The van der Waals surface area contributed by atoms with E-state index in [0.29, 0.717) is 5.82 Å². The van der Waals surface area contributed by atoms with Gasteiger partial charge in [-0.25, -0.2) is 0 Å². The molecule has 0 aliphatic heterocycles. The standard InChI is InChI=1S/C10H6BrF3N4/c1-5-15-17-9(18-16-5)6-3-2-4-7(8(6)11)10(12,13)14/h2-4H,1H3. The highest BCUT2D eigenvalue weighted by Crippen LogP contribution is 2.38. The molecule has 1 aromatic heterocycles. The first-order valence-corrected chi connectivity index (χ1v) is 5.59. The first-order chi connectivity index (χ1) is 8.39. The van der Waals surface area contributed by atoms with Crippen LogP contribution in [0.15, 0.2) is 22.7 Å². The minimum Gasteiger partial charge on any atom is -0.166 e. The fraction of sp³-hybridized carbons (Fsp3) is 0.200. The Labute approximate surface area is 108 Å². The predicted octanol–water partition coefficient (Wildman–Crippen LogP) is 3.02. The number of hydrogen-bond acceptors (Lipinski definition) is 4. The lowest BCUT2D eigenvalue weighted by Gasteiger charge is -2.11. The van der Waals surface area contributed by atoms with Crippen LogP contribution in [0.4, 0.5) is 13.2 Å². The minimum atomic E-state index is -4.44. The molecule has 8 heteroatoms. The molecule has 0 N–H and O–H groups in total. The van der Waals surface area contributed by atoms with Crippen LogP contribution in [0.2, 0.25) is 0 Å². The number of aromatic nitrogens is 4. The van der Waals surface area contributed by atoms with Crippen molar-refractivity contribution in [2.75, 3.05) is 0 Å². The van der Waals surface area contributed by atoms with Crippen LogP contribution in [0, 0.1) is 6.92 Å². The quantitative estimate of drug-likeness (QED) is 0.811. The average Bonchev–Trinajstić information content (AvgIpc) is 2.29. The van der Waals surface area contributed by atoms with Crippen LogP contribution in [0.3, 0.4) is 0 Å². The Morgan fingerprint density at radius 2 is 1.67 bits per heavy atom. The van der Waals surface area contributed by atoms with E-state index in [1.165, 1.54) is 12.1 Å². The molecule has 1 heterocycles. The number of benzene rings is 1. The molecule has 94 valence electrons. The van der Waals surface area contributed by atoms with Crippen molar-refractivity contribution >= 4 is 15.9 Å². The second-order valence-corrected chi connectivity index (χ2v) is 4.23. The SMILES string of the molecule is Cc1nnc(-c2cccc(C(F)(F)F)c2Br)nn1. The summed E-state index contributed by atoms with van der Waals surface area (Å²) in [6, 6.07) is 3.72. The number of aryl methyl sites for hydroxylation is 1. The second-order valence-electron chi connectivity index (χ2n) is 3.44. The number of nitrogens with zero attached hydrogens (tertiary/aromatic N) is 4. The summed E-state index contributed by atoms with van der Waals surface area (Å²) in [5.74, 6) is 0.389. The molecule has 0 aliphatic carbocycles. The van der Waals surface area contributed by atoms with Crippen molar-refractivity contribution in [2.24, 2.45) is 0 Å². The first-order valence-electron chi connectivity index (χ1n) is 4.79. The van der Waals surface area contributed by atoms with Gasteiger partial charge in [0.2, 0.25) is 5.82 Å². The van der Waals surface area contributed by atoms with Gasteiger partial charge in [-0.3, -0.25) is 0 Å². The normalized spacial score (nSPS) is 11.6. The third-order valence-corrected chi connectivity index (χ3v) is 2.98. The summed E-state index contributed by atoms with van der Waals surface area (Å²) < 4.78 is 38.0. The van der Waals surface area contributed by atoms with Crippen molar-refractivity contribution in [1.29, 1.82) is 0 Å². The molecule has 0 unspecified atom stereocenters. The Bertz CT molecular complexity index is 568. The van der Waals surface area contributed by atoms with Crippen LogP contribution in [-0.4, -0.2) is 20.4 Å². The summed E-state index contributed by atoms with van der Waals surface area (Å²) >= 11 is 2.92. The van der Waals surface area contributed by atoms with Gasteiger partial charge in [-0.1, -0.05) is 6.07 Å². The second kappa shape index (κ2) is 4.60. The Morgan fingerprint density at radius 1 is 1.06 bits per heavy atom. The summed E-state index contributed by atoms with van der Waals surface area (Å²) in [6.45, 7) is 1.59. The molecular formula is C10H6BrF3N4. The highest BCUT2D eigenvalue weighted by atomic mass is 79.9. The fourth-order valence-electron chi connectivity index (χ4n) is 1.31. The van der Waals surface area contributed by atoms with Gasteiger partial charge in [0.05, 0.1) is 5.56 Å². The van der Waals surface area contributed by atoms with Gasteiger partial charge in [-0.2, -0.15) is 13.2 Å². The average molecular weight is 319 g/mol. The van der Waals surface area contributed by atoms with Gasteiger partial charge in [-0.05, 0) is 35.0 Å². The monoisotopic (exact) mass is 318 g/mol. The van der Waals surface area contributed by atoms with E-state index in [-0.39, 0.29) is 15.9 Å². The van der Waals surface area contributed by atoms with E-state index >= 15 is 0 Å². The Hall–Kier alpha value is -1.57. The molecule has 0 fully saturated rings. The molecule has 0 atom stereocenters. The number of rotatable bonds is 1. The van der Waals surface area contributed by atoms with Gasteiger partial charge in [0.15, 0.2) is 5.82 Å². The Kier molecular flexibility index (Phi) is 3.29. The molecule has 0 amide bonds. The summed E-state index contributed by atoms with van der Waals surface area (Å²) in [4.78, 5) is 0. The minimum absolute atomic E-state index is 0.0403. The van der Waals surface area contributed by atoms with Crippen LogP contribution in [-0.2, 0) is 6.18 Å². The lowest BCUT2D eigenvalue weighted by atomic mass is 10.1. The van der Waals surface area contributed by atoms with Crippen molar-refractivity contribution in [2.45, 2.75) is 13.1 Å². The maximum absolute atomic E-state index is 12.7. The maximum atomic E-state index is 12.7. The lowest BCUT2D eigenvalue weighted by Crippen LogP contribution is -2.07. The third kappa shape index (κ3) is 2.47. The van der Waals surface area contributed by atoms with Gasteiger partial charge in [0, 0.05) is 10.0 Å². The summed E-state index contributed by atoms with van der Waals surface area (Å²) in [5.41, 5.74) is -0.589. The number of hydrogen-bond donors (Lipinski definition) is 0. The van der Waals surface area contributed by atoms with E-state index in [9.17, 15) is 13.2 Å². The fourth-order valence-corrected chi connectivity index (χ4v) is 1.98. The van der Waals surface area contributed by atoms with E-state index in [2.05, 4.69) is 36.3 Å². The Morgan fingerprint density at radius 3 is 2.22 bits per heavy atom. The van der Waals surface area contributed by atoms with Crippen molar-refractivity contribution in [3.8, 4) is 11.4 Å². The van der Waals surface area contributed by atoms with E-state index < -0.39 is 11.7 Å². The van der Waals surface area contributed by atoms with E-state index in [0.717, 1.165) is 6.07 Å².